The van der Waals surface area contributed by atoms with Crippen LogP contribution in [0.3, 0.4) is 0 Å². The van der Waals surface area contributed by atoms with Gasteiger partial charge in [-0.1, -0.05) is 13.8 Å². The summed E-state index contributed by atoms with van der Waals surface area (Å²) in [6.07, 6.45) is 14.8. The lowest BCUT2D eigenvalue weighted by Crippen LogP contribution is -2.67. The maximum atomic E-state index is 13.1. The molecule has 0 saturated heterocycles. The Kier molecular flexibility index (Phi) is 3.12. The highest BCUT2D eigenvalue weighted by molar-refractivity contribution is 5.75. The fourth-order valence-corrected chi connectivity index (χ4v) is 10.2. The van der Waals surface area contributed by atoms with Gasteiger partial charge in [0.2, 0.25) is 0 Å². The van der Waals surface area contributed by atoms with Crippen LogP contribution in [0.15, 0.2) is 0 Å². The Balaban J connectivity index is 1.17. The number of hydrogen-bond acceptors (Lipinski definition) is 1. The first-order valence-corrected chi connectivity index (χ1v) is 11.4. The lowest BCUT2D eigenvalue weighted by Gasteiger charge is -2.65. The van der Waals surface area contributed by atoms with Crippen LogP contribution in [0, 0.1) is 40.4 Å². The van der Waals surface area contributed by atoms with Crippen molar-refractivity contribution in [3.8, 4) is 0 Å². The number of hydrogen-bond donors (Lipinski definition) is 2. The Hall–Kier alpha value is -0.730. The van der Waals surface area contributed by atoms with Gasteiger partial charge in [-0.2, -0.15) is 0 Å². The Morgan fingerprint density at radius 3 is 1.88 bits per heavy atom. The van der Waals surface area contributed by atoms with Crippen molar-refractivity contribution >= 4 is 6.03 Å². The van der Waals surface area contributed by atoms with Crippen molar-refractivity contribution in [2.75, 3.05) is 0 Å². The Labute approximate surface area is 158 Å². The van der Waals surface area contributed by atoms with E-state index in [1.54, 1.807) is 0 Å². The minimum absolute atomic E-state index is 0.0823. The molecule has 8 aliphatic carbocycles. The monoisotopic (exact) mass is 356 g/mol. The van der Waals surface area contributed by atoms with Gasteiger partial charge in [-0.05, 0) is 111 Å². The molecule has 26 heavy (non-hydrogen) atoms. The van der Waals surface area contributed by atoms with E-state index in [-0.39, 0.29) is 11.6 Å². The van der Waals surface area contributed by atoms with Gasteiger partial charge in [-0.25, -0.2) is 4.79 Å². The third kappa shape index (κ3) is 2.41. The molecule has 8 bridgehead atoms. The summed E-state index contributed by atoms with van der Waals surface area (Å²) in [5.41, 5.74) is 1.01. The molecule has 8 rings (SSSR count). The number of urea groups is 1. The van der Waals surface area contributed by atoms with E-state index in [9.17, 15) is 4.79 Å². The molecule has 2 N–H and O–H groups in total. The van der Waals surface area contributed by atoms with E-state index in [1.165, 1.54) is 70.6 Å². The first-order valence-electron chi connectivity index (χ1n) is 11.4. The smallest absolute Gasteiger partial charge is 0.315 e. The van der Waals surface area contributed by atoms with Crippen molar-refractivity contribution in [1.29, 1.82) is 0 Å². The summed E-state index contributed by atoms with van der Waals surface area (Å²) < 4.78 is 0. The predicted molar refractivity (Wildman–Crippen MR) is 103 cm³/mol. The van der Waals surface area contributed by atoms with Crippen molar-refractivity contribution < 1.29 is 4.79 Å². The van der Waals surface area contributed by atoms with Crippen LogP contribution in [0.4, 0.5) is 4.79 Å². The summed E-state index contributed by atoms with van der Waals surface area (Å²) in [5.74, 6) is 4.32. The molecule has 3 nitrogen and oxygen atoms in total. The van der Waals surface area contributed by atoms with Crippen molar-refractivity contribution in [2.24, 2.45) is 40.4 Å². The summed E-state index contributed by atoms with van der Waals surface area (Å²) in [4.78, 5) is 13.1. The lowest BCUT2D eigenvalue weighted by molar-refractivity contribution is -0.113. The Bertz CT molecular complexity index is 596. The molecule has 8 saturated carbocycles. The van der Waals surface area contributed by atoms with Crippen LogP contribution in [-0.4, -0.2) is 17.6 Å². The number of nitrogens with one attached hydrogen (secondary N) is 2. The van der Waals surface area contributed by atoms with E-state index >= 15 is 0 Å². The highest BCUT2D eigenvalue weighted by Gasteiger charge is 2.60. The number of amides is 2. The normalized spacial score (nSPS) is 58.8. The van der Waals surface area contributed by atoms with Gasteiger partial charge in [-0.15, -0.1) is 0 Å². The van der Waals surface area contributed by atoms with Gasteiger partial charge in [0.15, 0.2) is 0 Å². The maximum Gasteiger partial charge on any atom is 0.315 e. The average molecular weight is 357 g/mol. The van der Waals surface area contributed by atoms with Crippen molar-refractivity contribution in [3.63, 3.8) is 0 Å². The van der Waals surface area contributed by atoms with Crippen LogP contribution in [0.5, 0.6) is 0 Å². The Morgan fingerprint density at radius 2 is 1.35 bits per heavy atom. The van der Waals surface area contributed by atoms with E-state index in [1.807, 2.05) is 0 Å². The van der Waals surface area contributed by atoms with Crippen LogP contribution >= 0.6 is 0 Å². The van der Waals surface area contributed by atoms with Crippen molar-refractivity contribution in [3.05, 3.63) is 0 Å². The second-order valence-electron chi connectivity index (χ2n) is 12.5. The molecule has 3 heteroatoms. The van der Waals surface area contributed by atoms with E-state index in [0.717, 1.165) is 29.6 Å². The molecule has 2 atom stereocenters. The minimum atomic E-state index is 0.0823. The third-order valence-electron chi connectivity index (χ3n) is 9.53. The van der Waals surface area contributed by atoms with Gasteiger partial charge in [0, 0.05) is 11.6 Å². The van der Waals surface area contributed by atoms with Crippen LogP contribution in [0.25, 0.3) is 0 Å². The van der Waals surface area contributed by atoms with Crippen LogP contribution in [0.1, 0.15) is 84.5 Å². The van der Waals surface area contributed by atoms with E-state index < -0.39 is 0 Å². The van der Waals surface area contributed by atoms with Gasteiger partial charge in [0.05, 0.1) is 0 Å². The van der Waals surface area contributed by atoms with Crippen molar-refractivity contribution in [1.82, 2.24) is 10.6 Å². The van der Waals surface area contributed by atoms with Crippen LogP contribution in [0.2, 0.25) is 0 Å². The molecule has 0 aromatic heterocycles. The van der Waals surface area contributed by atoms with E-state index in [4.69, 9.17) is 0 Å². The number of carbonyl (C=O) groups is 1. The van der Waals surface area contributed by atoms with E-state index in [2.05, 4.69) is 24.5 Å². The SMILES string of the molecule is CC12CC3CC(C)(C1)CC(NC(=O)NC1C4CC5CC(C4)CC1C5)(C3)C2. The van der Waals surface area contributed by atoms with E-state index in [0.29, 0.717) is 16.9 Å². The minimum Gasteiger partial charge on any atom is -0.335 e. The molecule has 144 valence electrons. The molecule has 0 spiro atoms. The molecule has 0 aliphatic heterocycles. The zero-order valence-corrected chi connectivity index (χ0v) is 16.7. The molecule has 8 fully saturated rings. The summed E-state index contributed by atoms with van der Waals surface area (Å²) in [5, 5.41) is 7.10. The van der Waals surface area contributed by atoms with Gasteiger partial charge in [0.25, 0.3) is 0 Å². The molecular weight excluding hydrogens is 320 g/mol. The molecule has 0 radical (unpaired) electrons. The Morgan fingerprint density at radius 1 is 0.769 bits per heavy atom. The quantitative estimate of drug-likeness (QED) is 0.729. The van der Waals surface area contributed by atoms with Gasteiger partial charge in [0.1, 0.15) is 0 Å². The number of carbonyl (C=O) groups excluding carboxylic acids is 1. The first kappa shape index (κ1) is 16.2. The molecule has 2 unspecified atom stereocenters. The summed E-state index contributed by atoms with van der Waals surface area (Å²) >= 11 is 0. The first-order chi connectivity index (χ1) is 12.3. The standard InChI is InChI=1S/C23H36N2O/c1-21-8-16-9-22(2,11-21)13-23(10-16,12-21)25-20(26)24-19-17-4-14-3-15(6-17)7-18(19)5-14/h14-19H,3-13H2,1-2H3,(H2,24,25,26). The predicted octanol–water partition coefficient (Wildman–Crippen LogP) is 4.86. The topological polar surface area (TPSA) is 41.1 Å². The fraction of sp³-hybridized carbons (Fsp3) is 0.957. The second kappa shape index (κ2) is 5.00. The fourth-order valence-electron chi connectivity index (χ4n) is 10.2. The number of rotatable bonds is 2. The third-order valence-corrected chi connectivity index (χ3v) is 9.53. The van der Waals surface area contributed by atoms with Crippen LogP contribution in [-0.2, 0) is 0 Å². The molecule has 2 amide bonds. The maximum absolute atomic E-state index is 13.1. The highest BCUT2D eigenvalue weighted by Crippen LogP contribution is 2.66. The average Bonchev–Trinajstić information content (AvgIpc) is 2.45. The van der Waals surface area contributed by atoms with Gasteiger partial charge in [-0.3, -0.25) is 0 Å². The largest absolute Gasteiger partial charge is 0.335 e. The van der Waals surface area contributed by atoms with Crippen LogP contribution < -0.4 is 10.6 Å². The highest BCUT2D eigenvalue weighted by atomic mass is 16.2. The summed E-state index contributed by atoms with van der Waals surface area (Å²) in [6, 6.07) is 0.625. The molecule has 0 aromatic rings. The zero-order chi connectivity index (χ0) is 17.7. The molecule has 0 aromatic carbocycles. The second-order valence-corrected chi connectivity index (χ2v) is 12.5. The molecular formula is C23H36N2O. The van der Waals surface area contributed by atoms with Crippen molar-refractivity contribution in [2.45, 2.75) is 96.1 Å². The zero-order valence-electron chi connectivity index (χ0n) is 16.7. The lowest BCUT2D eigenvalue weighted by atomic mass is 9.43. The van der Waals surface area contributed by atoms with Gasteiger partial charge >= 0.3 is 6.03 Å². The molecule has 8 aliphatic rings. The van der Waals surface area contributed by atoms with Gasteiger partial charge < -0.3 is 10.6 Å². The summed E-state index contributed by atoms with van der Waals surface area (Å²) in [7, 11) is 0. The summed E-state index contributed by atoms with van der Waals surface area (Å²) in [6.45, 7) is 4.98. The molecule has 0 heterocycles.